The zero-order valence-electron chi connectivity index (χ0n) is 12.9. The highest BCUT2D eigenvalue weighted by molar-refractivity contribution is 9.10. The Labute approximate surface area is 136 Å². The molecule has 0 saturated carbocycles. The lowest BCUT2D eigenvalue weighted by molar-refractivity contribution is -0.144. The van der Waals surface area contributed by atoms with Gasteiger partial charge in [0.2, 0.25) is 5.95 Å². The molecule has 0 amide bonds. The van der Waals surface area contributed by atoms with Crippen molar-refractivity contribution in [2.75, 3.05) is 7.11 Å². The van der Waals surface area contributed by atoms with Gasteiger partial charge in [-0.15, -0.1) is 0 Å². The van der Waals surface area contributed by atoms with Crippen molar-refractivity contribution in [1.82, 2.24) is 14.8 Å². The number of nitrogens with zero attached hydrogens (tertiary/aromatic N) is 3. The summed E-state index contributed by atoms with van der Waals surface area (Å²) in [5, 5.41) is 4.41. The molecule has 0 aliphatic rings. The molecule has 1 unspecified atom stereocenters. The SMILES string of the molecule is COC(=O)C(C)Cc1c(C)nn(-c2ccc(Br)c(F)n2)c1C. The number of ether oxygens (including phenoxy) is 1. The molecule has 0 spiro atoms. The van der Waals surface area contributed by atoms with Crippen molar-refractivity contribution in [3.63, 3.8) is 0 Å². The molecular weight excluding hydrogens is 353 g/mol. The van der Waals surface area contributed by atoms with E-state index in [0.29, 0.717) is 16.7 Å². The van der Waals surface area contributed by atoms with Gasteiger partial charge >= 0.3 is 5.97 Å². The van der Waals surface area contributed by atoms with Crippen molar-refractivity contribution in [3.05, 3.63) is 39.5 Å². The Morgan fingerprint density at radius 1 is 1.45 bits per heavy atom. The molecule has 0 saturated heterocycles. The van der Waals surface area contributed by atoms with Gasteiger partial charge < -0.3 is 4.74 Å². The van der Waals surface area contributed by atoms with Crippen LogP contribution in [0.5, 0.6) is 0 Å². The minimum atomic E-state index is -0.588. The van der Waals surface area contributed by atoms with Crippen LogP contribution in [0.2, 0.25) is 0 Å². The minimum absolute atomic E-state index is 0.264. The van der Waals surface area contributed by atoms with Crippen molar-refractivity contribution >= 4 is 21.9 Å². The quantitative estimate of drug-likeness (QED) is 0.613. The number of rotatable bonds is 4. The van der Waals surface area contributed by atoms with Crippen LogP contribution in [0.3, 0.4) is 0 Å². The number of hydrogen-bond acceptors (Lipinski definition) is 4. The zero-order chi connectivity index (χ0) is 16.4. The van der Waals surface area contributed by atoms with E-state index >= 15 is 0 Å². The Balaban J connectivity index is 2.38. The standard InChI is InChI=1S/C15H17BrFN3O2/c1-8(15(21)22-4)7-11-9(2)19-20(10(11)3)13-6-5-12(16)14(17)18-13/h5-6,8H,7H2,1-4H3. The molecule has 1 atom stereocenters. The highest BCUT2D eigenvalue weighted by Gasteiger charge is 2.20. The number of aromatic nitrogens is 3. The molecule has 0 bridgehead atoms. The van der Waals surface area contributed by atoms with E-state index in [4.69, 9.17) is 4.74 Å². The molecule has 0 aromatic carbocycles. The topological polar surface area (TPSA) is 57.0 Å². The van der Waals surface area contributed by atoms with Crippen LogP contribution in [0.4, 0.5) is 4.39 Å². The first-order chi connectivity index (χ1) is 10.3. The predicted molar refractivity (Wildman–Crippen MR) is 83.4 cm³/mol. The molecule has 2 heterocycles. The number of carbonyl (C=O) groups is 1. The van der Waals surface area contributed by atoms with E-state index in [1.54, 1.807) is 23.7 Å². The van der Waals surface area contributed by atoms with Gasteiger partial charge in [-0.3, -0.25) is 4.79 Å². The summed E-state index contributed by atoms with van der Waals surface area (Å²) in [6.45, 7) is 5.54. The molecule has 2 aromatic rings. The third-order valence-electron chi connectivity index (χ3n) is 3.56. The second-order valence-electron chi connectivity index (χ2n) is 5.13. The Morgan fingerprint density at radius 3 is 2.73 bits per heavy atom. The van der Waals surface area contributed by atoms with Gasteiger partial charge in [-0.2, -0.15) is 14.5 Å². The number of methoxy groups -OCH3 is 1. The van der Waals surface area contributed by atoms with Crippen LogP contribution >= 0.6 is 15.9 Å². The lowest BCUT2D eigenvalue weighted by Gasteiger charge is -2.09. The van der Waals surface area contributed by atoms with Crippen LogP contribution in [0.25, 0.3) is 5.82 Å². The van der Waals surface area contributed by atoms with E-state index in [0.717, 1.165) is 17.0 Å². The van der Waals surface area contributed by atoms with E-state index in [1.807, 2.05) is 13.8 Å². The van der Waals surface area contributed by atoms with Crippen molar-refractivity contribution in [1.29, 1.82) is 0 Å². The van der Waals surface area contributed by atoms with Crippen LogP contribution < -0.4 is 0 Å². The average Bonchev–Trinajstić information content (AvgIpc) is 2.77. The van der Waals surface area contributed by atoms with Crippen molar-refractivity contribution in [2.24, 2.45) is 5.92 Å². The summed E-state index contributed by atoms with van der Waals surface area (Å²) >= 11 is 3.08. The Hall–Kier alpha value is -1.76. The summed E-state index contributed by atoms with van der Waals surface area (Å²) in [4.78, 5) is 15.5. The molecule has 118 valence electrons. The van der Waals surface area contributed by atoms with Gasteiger partial charge in [0.1, 0.15) is 0 Å². The van der Waals surface area contributed by atoms with E-state index < -0.39 is 5.95 Å². The van der Waals surface area contributed by atoms with Crippen LogP contribution in [0, 0.1) is 25.7 Å². The summed E-state index contributed by atoms with van der Waals surface area (Å²) in [6.07, 6.45) is 0.517. The first-order valence-corrected chi connectivity index (χ1v) is 7.59. The summed E-state index contributed by atoms with van der Waals surface area (Å²) in [7, 11) is 1.37. The Bertz CT molecular complexity index is 715. The Kier molecular flexibility index (Phi) is 4.95. The fourth-order valence-electron chi connectivity index (χ4n) is 2.31. The maximum Gasteiger partial charge on any atom is 0.308 e. The number of esters is 1. The number of halogens is 2. The minimum Gasteiger partial charge on any atom is -0.469 e. The predicted octanol–water partition coefficient (Wildman–Crippen LogP) is 3.14. The fraction of sp³-hybridized carbons (Fsp3) is 0.400. The number of carbonyl (C=O) groups excluding carboxylic acids is 1. The van der Waals surface area contributed by atoms with Gasteiger partial charge in [0.25, 0.3) is 0 Å². The Morgan fingerprint density at radius 2 is 2.14 bits per heavy atom. The number of pyridine rings is 1. The van der Waals surface area contributed by atoms with Gasteiger partial charge in [-0.05, 0) is 53.9 Å². The maximum absolute atomic E-state index is 13.6. The first kappa shape index (κ1) is 16.6. The molecule has 0 aliphatic heterocycles. The third-order valence-corrected chi connectivity index (χ3v) is 4.15. The molecule has 0 aliphatic carbocycles. The summed E-state index contributed by atoms with van der Waals surface area (Å²) in [5.74, 6) is -0.721. The highest BCUT2D eigenvalue weighted by Crippen LogP contribution is 2.22. The van der Waals surface area contributed by atoms with Crippen LogP contribution in [-0.2, 0) is 16.0 Å². The summed E-state index contributed by atoms with van der Waals surface area (Å²) in [6, 6.07) is 3.27. The van der Waals surface area contributed by atoms with E-state index in [1.165, 1.54) is 7.11 Å². The van der Waals surface area contributed by atoms with Gasteiger partial charge in [0.05, 0.1) is 23.2 Å². The van der Waals surface area contributed by atoms with Crippen LogP contribution in [-0.4, -0.2) is 27.8 Å². The van der Waals surface area contributed by atoms with Crippen LogP contribution in [0.1, 0.15) is 23.9 Å². The van der Waals surface area contributed by atoms with Crippen molar-refractivity contribution in [3.8, 4) is 5.82 Å². The molecule has 2 aromatic heterocycles. The molecular formula is C15H17BrFN3O2. The molecule has 0 radical (unpaired) electrons. The smallest absolute Gasteiger partial charge is 0.308 e. The van der Waals surface area contributed by atoms with E-state index in [9.17, 15) is 9.18 Å². The summed E-state index contributed by atoms with van der Waals surface area (Å²) in [5.41, 5.74) is 2.57. The van der Waals surface area contributed by atoms with Gasteiger partial charge in [0.15, 0.2) is 5.82 Å². The molecule has 0 N–H and O–H groups in total. The van der Waals surface area contributed by atoms with Gasteiger partial charge in [-0.1, -0.05) is 6.92 Å². The lowest BCUT2D eigenvalue weighted by atomic mass is 10.00. The fourth-order valence-corrected chi connectivity index (χ4v) is 2.53. The average molecular weight is 370 g/mol. The zero-order valence-corrected chi connectivity index (χ0v) is 14.4. The largest absolute Gasteiger partial charge is 0.469 e. The van der Waals surface area contributed by atoms with E-state index in [2.05, 4.69) is 26.0 Å². The first-order valence-electron chi connectivity index (χ1n) is 6.80. The van der Waals surface area contributed by atoms with Crippen molar-refractivity contribution < 1.29 is 13.9 Å². The van der Waals surface area contributed by atoms with Gasteiger partial charge in [0, 0.05) is 5.69 Å². The normalized spacial score (nSPS) is 12.3. The molecule has 22 heavy (non-hydrogen) atoms. The van der Waals surface area contributed by atoms with E-state index in [-0.39, 0.29) is 11.9 Å². The lowest BCUT2D eigenvalue weighted by Crippen LogP contribution is -2.16. The molecule has 7 heteroatoms. The molecule has 0 fully saturated rings. The number of aryl methyl sites for hydroxylation is 1. The molecule has 2 rings (SSSR count). The summed E-state index contributed by atoms with van der Waals surface area (Å²) < 4.78 is 20.2. The monoisotopic (exact) mass is 369 g/mol. The second kappa shape index (κ2) is 6.56. The maximum atomic E-state index is 13.6. The van der Waals surface area contributed by atoms with Crippen molar-refractivity contribution in [2.45, 2.75) is 27.2 Å². The van der Waals surface area contributed by atoms with Crippen LogP contribution in [0.15, 0.2) is 16.6 Å². The molecule has 5 nitrogen and oxygen atoms in total. The second-order valence-corrected chi connectivity index (χ2v) is 5.99. The third kappa shape index (κ3) is 3.19. The highest BCUT2D eigenvalue weighted by atomic mass is 79.9. The number of hydrogen-bond donors (Lipinski definition) is 0. The van der Waals surface area contributed by atoms with Gasteiger partial charge in [-0.25, -0.2) is 4.68 Å².